The number of hydrogen-bond donors (Lipinski definition) is 0. The van der Waals surface area contributed by atoms with E-state index in [0.717, 1.165) is 31.7 Å². The summed E-state index contributed by atoms with van der Waals surface area (Å²) in [5.41, 5.74) is 1.03. The number of aromatic nitrogens is 5. The van der Waals surface area contributed by atoms with Crippen molar-refractivity contribution < 1.29 is 0 Å². The van der Waals surface area contributed by atoms with E-state index < -0.39 is 11.1 Å². The van der Waals surface area contributed by atoms with Crippen molar-refractivity contribution in [3.8, 4) is 0 Å². The summed E-state index contributed by atoms with van der Waals surface area (Å²) < 4.78 is 2.87. The van der Waals surface area contributed by atoms with Gasteiger partial charge in [-0.1, -0.05) is 11.6 Å². The number of aryl methyl sites for hydroxylation is 1. The van der Waals surface area contributed by atoms with Crippen molar-refractivity contribution in [1.29, 1.82) is 0 Å². The average molecular weight is 499 g/mol. The monoisotopic (exact) mass is 498 g/mol. The fourth-order valence-corrected chi connectivity index (χ4v) is 5.36. The third kappa shape index (κ3) is 4.70. The van der Waals surface area contributed by atoms with Crippen LogP contribution in [0.3, 0.4) is 0 Å². The zero-order valence-corrected chi connectivity index (χ0v) is 21.1. The minimum atomic E-state index is -0.572. The molecule has 0 spiro atoms. The Morgan fingerprint density at radius 1 is 0.971 bits per heavy atom. The Morgan fingerprint density at radius 2 is 1.69 bits per heavy atom. The van der Waals surface area contributed by atoms with E-state index in [1.807, 2.05) is 12.4 Å². The third-order valence-electron chi connectivity index (χ3n) is 7.27. The Balaban J connectivity index is 1.29. The lowest BCUT2D eigenvalue weighted by Crippen LogP contribution is -2.49. The van der Waals surface area contributed by atoms with Gasteiger partial charge in [0, 0.05) is 82.6 Å². The van der Waals surface area contributed by atoms with Crippen LogP contribution in [0.25, 0.3) is 11.2 Å². The number of likely N-dealkylation sites (N-methyl/N-ethyl adjacent to an activating group) is 1. The molecule has 0 aliphatic carbocycles. The Morgan fingerprint density at radius 3 is 2.37 bits per heavy atom. The standard InChI is InChI=1S/C24H31ClN8O2/c1-16-14-29(2)8-9-32(16)15-17-11-27-24(28-12-17)31-6-4-19(5-7-31)33-21-20(10-18(25)13-26-21)30(3)22(34)23(33)35/h10-13,16,19H,4-9,14-15H2,1-3H3/t16-/m1/s1. The summed E-state index contributed by atoms with van der Waals surface area (Å²) in [6.07, 6.45) is 6.74. The molecule has 186 valence electrons. The van der Waals surface area contributed by atoms with Crippen molar-refractivity contribution in [2.45, 2.75) is 38.4 Å². The second-order valence-electron chi connectivity index (χ2n) is 9.73. The van der Waals surface area contributed by atoms with E-state index in [1.165, 1.54) is 10.8 Å². The molecule has 0 N–H and O–H groups in total. The maximum Gasteiger partial charge on any atom is 0.318 e. The van der Waals surface area contributed by atoms with Crippen LogP contribution < -0.4 is 16.0 Å². The number of piperidine rings is 1. The second kappa shape index (κ2) is 9.67. The summed E-state index contributed by atoms with van der Waals surface area (Å²) in [5, 5.41) is 0.426. The maximum atomic E-state index is 12.9. The summed E-state index contributed by atoms with van der Waals surface area (Å²) in [4.78, 5) is 46.1. The van der Waals surface area contributed by atoms with Gasteiger partial charge in [-0.15, -0.1) is 0 Å². The van der Waals surface area contributed by atoms with E-state index in [0.29, 0.717) is 54.1 Å². The number of fused-ring (bicyclic) bond motifs is 1. The smallest absolute Gasteiger partial charge is 0.318 e. The lowest BCUT2D eigenvalue weighted by Gasteiger charge is -2.38. The Labute approximate surface area is 208 Å². The molecule has 5 heterocycles. The van der Waals surface area contributed by atoms with Gasteiger partial charge in [0.25, 0.3) is 0 Å². The maximum absolute atomic E-state index is 12.9. The van der Waals surface area contributed by atoms with Crippen molar-refractivity contribution in [2.75, 3.05) is 44.7 Å². The van der Waals surface area contributed by atoms with Crippen molar-refractivity contribution >= 4 is 28.7 Å². The number of hydrogen-bond acceptors (Lipinski definition) is 8. The van der Waals surface area contributed by atoms with Crippen LogP contribution in [0.15, 0.2) is 34.2 Å². The summed E-state index contributed by atoms with van der Waals surface area (Å²) in [7, 11) is 3.74. The van der Waals surface area contributed by atoms with E-state index in [4.69, 9.17) is 11.6 Å². The largest absolute Gasteiger partial charge is 0.341 e. The highest BCUT2D eigenvalue weighted by Gasteiger charge is 2.27. The van der Waals surface area contributed by atoms with Gasteiger partial charge in [-0.25, -0.2) is 15.0 Å². The minimum Gasteiger partial charge on any atom is -0.341 e. The van der Waals surface area contributed by atoms with E-state index in [1.54, 1.807) is 17.7 Å². The van der Waals surface area contributed by atoms with Crippen LogP contribution in [0.4, 0.5) is 5.95 Å². The van der Waals surface area contributed by atoms with E-state index in [9.17, 15) is 9.59 Å². The second-order valence-corrected chi connectivity index (χ2v) is 10.2. The first kappa shape index (κ1) is 23.9. The quantitative estimate of drug-likeness (QED) is 0.500. The van der Waals surface area contributed by atoms with Gasteiger partial charge in [0.2, 0.25) is 5.95 Å². The number of pyridine rings is 1. The first-order valence-corrected chi connectivity index (χ1v) is 12.4. The molecule has 0 aromatic carbocycles. The average Bonchev–Trinajstić information content (AvgIpc) is 2.86. The minimum absolute atomic E-state index is 0.123. The molecule has 0 amide bonds. The molecular formula is C24H31ClN8O2. The highest BCUT2D eigenvalue weighted by molar-refractivity contribution is 6.31. The molecule has 3 aromatic rings. The summed E-state index contributed by atoms with van der Waals surface area (Å²) in [5.74, 6) is 0.699. The zero-order chi connectivity index (χ0) is 24.7. The van der Waals surface area contributed by atoms with Gasteiger partial charge in [-0.3, -0.25) is 19.1 Å². The van der Waals surface area contributed by atoms with E-state index >= 15 is 0 Å². The Hall–Kier alpha value is -2.82. The van der Waals surface area contributed by atoms with Crippen LogP contribution in [-0.2, 0) is 13.6 Å². The van der Waals surface area contributed by atoms with Crippen LogP contribution in [-0.4, -0.2) is 79.7 Å². The molecule has 2 fully saturated rings. The highest BCUT2D eigenvalue weighted by Crippen LogP contribution is 2.26. The van der Waals surface area contributed by atoms with Gasteiger partial charge in [0.1, 0.15) is 0 Å². The molecule has 2 aliphatic heterocycles. The van der Waals surface area contributed by atoms with Gasteiger partial charge < -0.3 is 14.4 Å². The van der Waals surface area contributed by atoms with Crippen LogP contribution >= 0.6 is 11.6 Å². The molecule has 3 aromatic heterocycles. The van der Waals surface area contributed by atoms with Gasteiger partial charge in [0.05, 0.1) is 10.5 Å². The van der Waals surface area contributed by atoms with E-state index in [2.05, 4.69) is 43.6 Å². The van der Waals surface area contributed by atoms with Gasteiger partial charge in [-0.05, 0) is 32.9 Å². The molecule has 0 saturated carbocycles. The SMILES string of the molecule is C[C@@H]1CN(C)CCN1Cc1cnc(N2CCC(n3c(=O)c(=O)n(C)c4cc(Cl)cnc43)CC2)nc1. The van der Waals surface area contributed by atoms with Gasteiger partial charge >= 0.3 is 11.1 Å². The summed E-state index contributed by atoms with van der Waals surface area (Å²) in [6.45, 7) is 7.69. The molecule has 10 nitrogen and oxygen atoms in total. The van der Waals surface area contributed by atoms with Crippen molar-refractivity contribution in [3.63, 3.8) is 0 Å². The first-order chi connectivity index (χ1) is 16.8. The van der Waals surface area contributed by atoms with Crippen LogP contribution in [0.5, 0.6) is 0 Å². The van der Waals surface area contributed by atoms with Gasteiger partial charge in [0.15, 0.2) is 5.65 Å². The highest BCUT2D eigenvalue weighted by atomic mass is 35.5. The molecule has 2 aliphatic rings. The molecule has 0 bridgehead atoms. The fourth-order valence-electron chi connectivity index (χ4n) is 5.21. The Bertz CT molecular complexity index is 1330. The molecule has 5 rings (SSSR count). The van der Waals surface area contributed by atoms with Crippen LogP contribution in [0.2, 0.25) is 5.02 Å². The molecule has 0 radical (unpaired) electrons. The summed E-state index contributed by atoms with van der Waals surface area (Å²) in [6, 6.07) is 2.06. The summed E-state index contributed by atoms with van der Waals surface area (Å²) >= 11 is 6.10. The lowest BCUT2D eigenvalue weighted by atomic mass is 10.0. The molecule has 2 saturated heterocycles. The number of anilines is 1. The van der Waals surface area contributed by atoms with Crippen LogP contribution in [0.1, 0.15) is 31.4 Å². The molecule has 1 atom stereocenters. The molecule has 11 heteroatoms. The first-order valence-electron chi connectivity index (χ1n) is 12.1. The topological polar surface area (TPSA) is 92.4 Å². The predicted molar refractivity (Wildman–Crippen MR) is 136 cm³/mol. The molecular weight excluding hydrogens is 468 g/mol. The molecule has 35 heavy (non-hydrogen) atoms. The normalized spacial score (nSPS) is 20.6. The zero-order valence-electron chi connectivity index (χ0n) is 20.4. The number of nitrogens with zero attached hydrogens (tertiary/aromatic N) is 8. The van der Waals surface area contributed by atoms with Crippen molar-refractivity contribution in [3.05, 3.63) is 56.0 Å². The lowest BCUT2D eigenvalue weighted by molar-refractivity contribution is 0.0936. The molecule has 0 unspecified atom stereocenters. The van der Waals surface area contributed by atoms with E-state index in [-0.39, 0.29) is 6.04 Å². The number of halogens is 1. The number of piperazine rings is 1. The predicted octanol–water partition coefficient (Wildman–Crippen LogP) is 1.52. The van der Waals surface area contributed by atoms with Crippen LogP contribution in [0, 0.1) is 0 Å². The van der Waals surface area contributed by atoms with Crippen molar-refractivity contribution in [1.82, 2.24) is 33.9 Å². The fraction of sp³-hybridized carbons (Fsp3) is 0.542. The van der Waals surface area contributed by atoms with Crippen molar-refractivity contribution in [2.24, 2.45) is 7.05 Å². The third-order valence-corrected chi connectivity index (χ3v) is 7.47. The number of rotatable bonds is 4. The Kier molecular flexibility index (Phi) is 6.61. The van der Waals surface area contributed by atoms with Gasteiger partial charge in [-0.2, -0.15) is 0 Å².